The first-order valence-corrected chi connectivity index (χ1v) is 5.65. The Morgan fingerprint density at radius 3 is 2.56 bits per heavy atom. The van der Waals surface area contributed by atoms with E-state index < -0.39 is 0 Å². The van der Waals surface area contributed by atoms with Gasteiger partial charge >= 0.3 is 0 Å². The van der Waals surface area contributed by atoms with Crippen molar-refractivity contribution in [3.05, 3.63) is 64.7 Å². The van der Waals surface area contributed by atoms with Crippen molar-refractivity contribution in [2.24, 2.45) is 0 Å². The lowest BCUT2D eigenvalue weighted by Crippen LogP contribution is -2.14. The normalized spacial score (nSPS) is 13.2. The number of rotatable bonds is 0. The Balaban J connectivity index is 2.22. The van der Waals surface area contributed by atoms with Crippen LogP contribution in [-0.4, -0.2) is 5.78 Å². The van der Waals surface area contributed by atoms with Gasteiger partial charge in [0.2, 0.25) is 0 Å². The molecule has 16 heavy (non-hydrogen) atoms. The van der Waals surface area contributed by atoms with Gasteiger partial charge in [-0.3, -0.25) is 4.79 Å². The van der Waals surface area contributed by atoms with E-state index >= 15 is 0 Å². The lowest BCUT2D eigenvalue weighted by molar-refractivity contribution is 0.103. The van der Waals surface area contributed by atoms with E-state index in [0.717, 1.165) is 33.6 Å². The number of fused-ring (bicyclic) bond motifs is 2. The number of hydrogen-bond acceptors (Lipinski definition) is 2. The van der Waals surface area contributed by atoms with Gasteiger partial charge in [0.1, 0.15) is 0 Å². The first-order chi connectivity index (χ1) is 7.75. The minimum absolute atomic E-state index is 0.130. The van der Waals surface area contributed by atoms with Gasteiger partial charge in [0.05, 0.1) is 0 Å². The van der Waals surface area contributed by atoms with Crippen LogP contribution in [0.25, 0.3) is 0 Å². The molecule has 0 bridgehead atoms. The van der Waals surface area contributed by atoms with Crippen LogP contribution in [0.1, 0.15) is 27.0 Å². The van der Waals surface area contributed by atoms with Crippen molar-refractivity contribution in [3.63, 3.8) is 0 Å². The summed E-state index contributed by atoms with van der Waals surface area (Å²) in [7, 11) is 0. The molecule has 0 unspecified atom stereocenters. The van der Waals surface area contributed by atoms with Crippen molar-refractivity contribution in [1.29, 1.82) is 0 Å². The highest BCUT2D eigenvalue weighted by Crippen LogP contribution is 2.28. The number of benzene rings is 2. The molecule has 0 fully saturated rings. The van der Waals surface area contributed by atoms with Crippen LogP contribution in [0.5, 0.6) is 0 Å². The van der Waals surface area contributed by atoms with E-state index in [1.165, 1.54) is 0 Å². The molecule has 1 aliphatic carbocycles. The molecule has 2 aromatic carbocycles. The zero-order valence-corrected chi connectivity index (χ0v) is 9.50. The molecule has 2 aromatic rings. The van der Waals surface area contributed by atoms with Gasteiger partial charge in [0, 0.05) is 16.0 Å². The Bertz CT molecular complexity index is 587. The number of thiol groups is 1. The quantitative estimate of drug-likeness (QED) is 0.583. The van der Waals surface area contributed by atoms with Crippen molar-refractivity contribution in [2.45, 2.75) is 11.3 Å². The average Bonchev–Trinajstić information content (AvgIpc) is 2.29. The monoisotopic (exact) mass is 226 g/mol. The first-order valence-electron chi connectivity index (χ1n) is 5.20. The maximum absolute atomic E-state index is 12.2. The van der Waals surface area contributed by atoms with Crippen LogP contribution in [0.15, 0.2) is 47.4 Å². The van der Waals surface area contributed by atoms with Gasteiger partial charge in [-0.2, -0.15) is 0 Å². The fourth-order valence-corrected chi connectivity index (χ4v) is 2.42. The molecule has 0 amide bonds. The van der Waals surface area contributed by atoms with E-state index in [9.17, 15) is 4.79 Å². The third-order valence-corrected chi connectivity index (χ3v) is 3.25. The molecule has 0 radical (unpaired) electrons. The summed E-state index contributed by atoms with van der Waals surface area (Å²) in [6.07, 6.45) is 0.825. The standard InChI is InChI=1S/C14H10OS/c15-14-12-4-2-1-3-9(12)7-10-8-11(16)5-6-13(10)14/h1-6,8,16H,7H2. The summed E-state index contributed by atoms with van der Waals surface area (Å²) in [4.78, 5) is 13.1. The van der Waals surface area contributed by atoms with Gasteiger partial charge in [0.25, 0.3) is 0 Å². The van der Waals surface area contributed by atoms with Crippen molar-refractivity contribution >= 4 is 18.4 Å². The molecule has 0 atom stereocenters. The van der Waals surface area contributed by atoms with Crippen LogP contribution in [0.4, 0.5) is 0 Å². The SMILES string of the molecule is O=C1c2ccccc2Cc2cc(S)ccc21. The molecule has 1 aliphatic rings. The molecule has 1 nitrogen and oxygen atoms in total. The largest absolute Gasteiger partial charge is 0.289 e. The second-order valence-corrected chi connectivity index (χ2v) is 4.52. The van der Waals surface area contributed by atoms with E-state index in [1.54, 1.807) is 0 Å². The summed E-state index contributed by atoms with van der Waals surface area (Å²) in [5.74, 6) is 0.130. The highest BCUT2D eigenvalue weighted by molar-refractivity contribution is 7.80. The van der Waals surface area contributed by atoms with Crippen molar-refractivity contribution in [1.82, 2.24) is 0 Å². The van der Waals surface area contributed by atoms with E-state index in [4.69, 9.17) is 0 Å². The maximum atomic E-state index is 12.2. The van der Waals surface area contributed by atoms with E-state index in [-0.39, 0.29) is 5.78 Å². The second kappa shape index (κ2) is 3.49. The van der Waals surface area contributed by atoms with Crippen LogP contribution >= 0.6 is 12.6 Å². The molecule has 0 N–H and O–H groups in total. The second-order valence-electron chi connectivity index (χ2n) is 4.00. The topological polar surface area (TPSA) is 17.1 Å². The number of hydrogen-bond donors (Lipinski definition) is 1. The first kappa shape index (κ1) is 9.67. The zero-order chi connectivity index (χ0) is 11.1. The Morgan fingerprint density at radius 2 is 1.69 bits per heavy atom. The molecule has 0 aliphatic heterocycles. The minimum atomic E-state index is 0.130. The number of carbonyl (C=O) groups is 1. The predicted molar refractivity (Wildman–Crippen MR) is 66.4 cm³/mol. The van der Waals surface area contributed by atoms with Gasteiger partial charge in [-0.05, 0) is 35.7 Å². The van der Waals surface area contributed by atoms with Crippen molar-refractivity contribution in [3.8, 4) is 0 Å². The molecular formula is C14H10OS. The van der Waals surface area contributed by atoms with Gasteiger partial charge in [0.15, 0.2) is 5.78 Å². The van der Waals surface area contributed by atoms with E-state index in [1.807, 2.05) is 42.5 Å². The summed E-state index contributed by atoms with van der Waals surface area (Å²) < 4.78 is 0. The Kier molecular flexibility index (Phi) is 2.11. The third kappa shape index (κ3) is 1.38. The minimum Gasteiger partial charge on any atom is -0.289 e. The van der Waals surface area contributed by atoms with Crippen LogP contribution in [0, 0.1) is 0 Å². The van der Waals surface area contributed by atoms with Crippen molar-refractivity contribution < 1.29 is 4.79 Å². The van der Waals surface area contributed by atoms with Crippen molar-refractivity contribution in [2.75, 3.05) is 0 Å². The highest BCUT2D eigenvalue weighted by Gasteiger charge is 2.22. The summed E-state index contributed by atoms with van der Waals surface area (Å²) in [5, 5.41) is 0. The smallest absolute Gasteiger partial charge is 0.193 e. The van der Waals surface area contributed by atoms with Crippen LogP contribution in [-0.2, 0) is 6.42 Å². The van der Waals surface area contributed by atoms with Crippen LogP contribution in [0.3, 0.4) is 0 Å². The summed E-state index contributed by atoms with van der Waals surface area (Å²) >= 11 is 4.31. The van der Waals surface area contributed by atoms with Gasteiger partial charge < -0.3 is 0 Å². The van der Waals surface area contributed by atoms with Crippen LogP contribution < -0.4 is 0 Å². The van der Waals surface area contributed by atoms with E-state index in [0.29, 0.717) is 0 Å². The fourth-order valence-electron chi connectivity index (χ4n) is 2.19. The summed E-state index contributed by atoms with van der Waals surface area (Å²) in [5.41, 5.74) is 3.84. The Hall–Kier alpha value is -1.54. The fraction of sp³-hybridized carbons (Fsp3) is 0.0714. The Labute approximate surface area is 99.5 Å². The maximum Gasteiger partial charge on any atom is 0.193 e. The molecule has 0 saturated carbocycles. The van der Waals surface area contributed by atoms with E-state index in [2.05, 4.69) is 12.6 Å². The lowest BCUT2D eigenvalue weighted by atomic mass is 9.85. The lowest BCUT2D eigenvalue weighted by Gasteiger charge is -2.18. The Morgan fingerprint density at radius 1 is 0.938 bits per heavy atom. The van der Waals surface area contributed by atoms with Gasteiger partial charge in [-0.25, -0.2) is 0 Å². The van der Waals surface area contributed by atoms with Gasteiger partial charge in [-0.1, -0.05) is 24.3 Å². The van der Waals surface area contributed by atoms with Crippen LogP contribution in [0.2, 0.25) is 0 Å². The molecule has 2 heteroatoms. The molecular weight excluding hydrogens is 216 g/mol. The molecule has 3 rings (SSSR count). The molecule has 78 valence electrons. The molecule has 0 saturated heterocycles. The zero-order valence-electron chi connectivity index (χ0n) is 8.60. The number of ketones is 1. The third-order valence-electron chi connectivity index (χ3n) is 2.98. The number of carbonyl (C=O) groups excluding carboxylic acids is 1. The van der Waals surface area contributed by atoms with Gasteiger partial charge in [-0.15, -0.1) is 12.6 Å². The predicted octanol–water partition coefficient (Wildman–Crippen LogP) is 3.11. The molecule has 0 heterocycles. The summed E-state index contributed by atoms with van der Waals surface area (Å²) in [6, 6.07) is 13.5. The molecule has 0 aromatic heterocycles. The highest BCUT2D eigenvalue weighted by atomic mass is 32.1. The average molecular weight is 226 g/mol. The summed E-state index contributed by atoms with van der Waals surface area (Å²) in [6.45, 7) is 0. The molecule has 0 spiro atoms.